The second-order valence-corrected chi connectivity index (χ2v) is 3.72. The van der Waals surface area contributed by atoms with E-state index in [1.54, 1.807) is 0 Å². The molecule has 1 aromatic carbocycles. The van der Waals surface area contributed by atoms with Gasteiger partial charge in [0.05, 0.1) is 0 Å². The van der Waals surface area contributed by atoms with Crippen molar-refractivity contribution < 1.29 is 0 Å². The van der Waals surface area contributed by atoms with Crippen molar-refractivity contribution in [1.82, 2.24) is 0 Å². The molecule has 0 unspecified atom stereocenters. The number of hydrogen-bond donors (Lipinski definition) is 0. The fraction of sp³-hybridized carbons (Fsp3) is 0.500. The summed E-state index contributed by atoms with van der Waals surface area (Å²) in [4.78, 5) is 0. The normalized spacial score (nSPS) is 8.19. The van der Waals surface area contributed by atoms with Crippen LogP contribution in [0.25, 0.3) is 0 Å². The fourth-order valence-electron chi connectivity index (χ4n) is 1.10. The lowest BCUT2D eigenvalue weighted by molar-refractivity contribution is 1.23. The van der Waals surface area contributed by atoms with E-state index in [0.29, 0.717) is 0 Å². The first kappa shape index (κ1) is 17.4. The van der Waals surface area contributed by atoms with Gasteiger partial charge in [0.1, 0.15) is 0 Å². The molecule has 0 fully saturated rings. The van der Waals surface area contributed by atoms with E-state index in [1.165, 1.54) is 22.3 Å². The standard InChI is InChI=1S/C10H14.C4H8.C2H6/c1-7-5-9(3)10(4)6-8(7)2;1-3-4-2;1-2/h5-6H,1-4H3;3H,1,4H2,2H3;1-2H3. The molecule has 0 nitrogen and oxygen atoms in total. The molecule has 0 aromatic heterocycles. The molecule has 0 N–H and O–H groups in total. The molecule has 0 heteroatoms. The molecular weight excluding hydrogens is 192 g/mol. The minimum absolute atomic E-state index is 1.08. The van der Waals surface area contributed by atoms with E-state index in [9.17, 15) is 0 Å². The van der Waals surface area contributed by atoms with Crippen LogP contribution in [0.5, 0.6) is 0 Å². The summed E-state index contributed by atoms with van der Waals surface area (Å²) in [6, 6.07) is 4.48. The lowest BCUT2D eigenvalue weighted by Gasteiger charge is -2.04. The summed E-state index contributed by atoms with van der Waals surface area (Å²) in [5.74, 6) is 0. The van der Waals surface area contributed by atoms with Gasteiger partial charge in [-0.1, -0.05) is 39.0 Å². The van der Waals surface area contributed by atoms with E-state index in [-0.39, 0.29) is 0 Å². The largest absolute Gasteiger partial charge is 0.103 e. The van der Waals surface area contributed by atoms with Crippen LogP contribution in [0.15, 0.2) is 24.8 Å². The molecule has 0 atom stereocenters. The van der Waals surface area contributed by atoms with Crippen molar-refractivity contribution in [2.75, 3.05) is 0 Å². The Morgan fingerprint density at radius 2 is 1.06 bits per heavy atom. The lowest BCUT2D eigenvalue weighted by atomic mass is 10.0. The predicted molar refractivity (Wildman–Crippen MR) is 77.2 cm³/mol. The Kier molecular flexibility index (Phi) is 11.4. The van der Waals surface area contributed by atoms with Crippen LogP contribution >= 0.6 is 0 Å². The maximum absolute atomic E-state index is 3.48. The summed E-state index contributed by atoms with van der Waals surface area (Å²) in [6.07, 6.45) is 2.96. The van der Waals surface area contributed by atoms with E-state index in [1.807, 2.05) is 19.9 Å². The van der Waals surface area contributed by atoms with Gasteiger partial charge in [-0.05, 0) is 56.4 Å². The topological polar surface area (TPSA) is 0 Å². The number of benzene rings is 1. The average molecular weight is 220 g/mol. The quantitative estimate of drug-likeness (QED) is 0.546. The van der Waals surface area contributed by atoms with E-state index >= 15 is 0 Å². The first-order valence-corrected chi connectivity index (χ1v) is 6.18. The van der Waals surface area contributed by atoms with Gasteiger partial charge in [0.25, 0.3) is 0 Å². The van der Waals surface area contributed by atoms with Crippen molar-refractivity contribution in [2.45, 2.75) is 54.9 Å². The molecule has 0 aliphatic carbocycles. The van der Waals surface area contributed by atoms with Gasteiger partial charge in [-0.15, -0.1) is 6.58 Å². The van der Waals surface area contributed by atoms with Gasteiger partial charge in [-0.3, -0.25) is 0 Å². The van der Waals surface area contributed by atoms with Crippen molar-refractivity contribution >= 4 is 0 Å². The van der Waals surface area contributed by atoms with Crippen LogP contribution in [0.3, 0.4) is 0 Å². The summed E-state index contributed by atoms with van der Waals surface area (Å²) >= 11 is 0. The first-order valence-electron chi connectivity index (χ1n) is 6.18. The molecule has 0 bridgehead atoms. The molecule has 1 aromatic rings. The van der Waals surface area contributed by atoms with E-state index < -0.39 is 0 Å². The Bertz CT molecular complexity index is 245. The number of hydrogen-bond acceptors (Lipinski definition) is 0. The average Bonchev–Trinajstić information content (AvgIpc) is 2.30. The molecule has 0 amide bonds. The van der Waals surface area contributed by atoms with Crippen LogP contribution in [-0.2, 0) is 0 Å². The Balaban J connectivity index is 0. The SMILES string of the molecule is C=CCC.CC.Cc1cc(C)c(C)cc1C. The third kappa shape index (κ3) is 7.28. The van der Waals surface area contributed by atoms with Crippen molar-refractivity contribution in [1.29, 1.82) is 0 Å². The zero-order valence-electron chi connectivity index (χ0n) is 12.1. The van der Waals surface area contributed by atoms with Gasteiger partial charge in [0.15, 0.2) is 0 Å². The van der Waals surface area contributed by atoms with Crippen LogP contribution in [-0.4, -0.2) is 0 Å². The maximum atomic E-state index is 3.48. The zero-order chi connectivity index (χ0) is 13.1. The monoisotopic (exact) mass is 220 g/mol. The summed E-state index contributed by atoms with van der Waals surface area (Å²) in [7, 11) is 0. The van der Waals surface area contributed by atoms with Gasteiger partial charge in [0.2, 0.25) is 0 Å². The van der Waals surface area contributed by atoms with Crippen molar-refractivity contribution in [3.05, 3.63) is 47.0 Å². The summed E-state index contributed by atoms with van der Waals surface area (Å²) in [5, 5.41) is 0. The lowest BCUT2D eigenvalue weighted by Crippen LogP contribution is -1.86. The van der Waals surface area contributed by atoms with Gasteiger partial charge < -0.3 is 0 Å². The van der Waals surface area contributed by atoms with Gasteiger partial charge >= 0.3 is 0 Å². The second-order valence-electron chi connectivity index (χ2n) is 3.72. The van der Waals surface area contributed by atoms with E-state index in [4.69, 9.17) is 0 Å². The van der Waals surface area contributed by atoms with Crippen LogP contribution in [0.2, 0.25) is 0 Å². The molecule has 0 radical (unpaired) electrons. The summed E-state index contributed by atoms with van der Waals surface area (Å²) < 4.78 is 0. The van der Waals surface area contributed by atoms with Crippen LogP contribution in [0, 0.1) is 27.7 Å². The molecular formula is C16H28. The first-order chi connectivity index (χ1) is 7.52. The van der Waals surface area contributed by atoms with Crippen molar-refractivity contribution in [3.63, 3.8) is 0 Å². The molecule has 0 heterocycles. The van der Waals surface area contributed by atoms with E-state index in [0.717, 1.165) is 6.42 Å². The highest BCUT2D eigenvalue weighted by Gasteiger charge is 1.95. The highest BCUT2D eigenvalue weighted by molar-refractivity contribution is 5.35. The molecule has 16 heavy (non-hydrogen) atoms. The minimum atomic E-state index is 1.08. The molecule has 92 valence electrons. The van der Waals surface area contributed by atoms with Crippen molar-refractivity contribution in [3.8, 4) is 0 Å². The third-order valence-corrected chi connectivity index (χ3v) is 2.40. The predicted octanol–water partition coefficient (Wildman–Crippen LogP) is 5.53. The zero-order valence-corrected chi connectivity index (χ0v) is 12.1. The Labute approximate surface area is 102 Å². The molecule has 0 saturated carbocycles. The molecule has 1 rings (SSSR count). The number of aryl methyl sites for hydroxylation is 4. The Hall–Kier alpha value is -1.04. The van der Waals surface area contributed by atoms with Crippen LogP contribution < -0.4 is 0 Å². The Morgan fingerprint density at radius 1 is 0.875 bits per heavy atom. The maximum Gasteiger partial charge on any atom is -0.0382 e. The summed E-state index contributed by atoms with van der Waals surface area (Å²) in [6.45, 7) is 18.2. The van der Waals surface area contributed by atoms with E-state index in [2.05, 4.69) is 53.3 Å². The van der Waals surface area contributed by atoms with Gasteiger partial charge in [-0.2, -0.15) is 0 Å². The fourth-order valence-corrected chi connectivity index (χ4v) is 1.10. The second kappa shape index (κ2) is 10.5. The summed E-state index contributed by atoms with van der Waals surface area (Å²) in [5.41, 5.74) is 5.57. The minimum Gasteiger partial charge on any atom is -0.103 e. The number of rotatable bonds is 1. The van der Waals surface area contributed by atoms with Crippen molar-refractivity contribution in [2.24, 2.45) is 0 Å². The number of allylic oxidation sites excluding steroid dienone is 1. The molecule has 0 aliphatic rings. The smallest absolute Gasteiger partial charge is 0.0382 e. The van der Waals surface area contributed by atoms with Crippen LogP contribution in [0.4, 0.5) is 0 Å². The van der Waals surface area contributed by atoms with Gasteiger partial charge in [-0.25, -0.2) is 0 Å². The van der Waals surface area contributed by atoms with Gasteiger partial charge in [0, 0.05) is 0 Å². The molecule has 0 saturated heterocycles. The van der Waals surface area contributed by atoms with Crippen LogP contribution in [0.1, 0.15) is 49.4 Å². The highest BCUT2D eigenvalue weighted by atomic mass is 14.0. The molecule has 0 spiro atoms. The highest BCUT2D eigenvalue weighted by Crippen LogP contribution is 2.13. The Morgan fingerprint density at radius 3 is 1.19 bits per heavy atom. The third-order valence-electron chi connectivity index (χ3n) is 2.40. The molecule has 0 aliphatic heterocycles.